The van der Waals surface area contributed by atoms with E-state index in [1.807, 2.05) is 4.90 Å². The van der Waals surface area contributed by atoms with Gasteiger partial charge < -0.3 is 14.7 Å². The highest BCUT2D eigenvalue weighted by molar-refractivity contribution is 5.92. The average molecular weight is 551 g/mol. The number of benzene rings is 1. The van der Waals surface area contributed by atoms with Crippen LogP contribution in [0.4, 0.5) is 13.2 Å². The third-order valence-corrected chi connectivity index (χ3v) is 7.78. The Labute approximate surface area is 223 Å². The minimum absolute atomic E-state index is 0.0865. The van der Waals surface area contributed by atoms with Gasteiger partial charge in [-0.2, -0.15) is 18.3 Å². The van der Waals surface area contributed by atoms with Crippen LogP contribution in [0.5, 0.6) is 5.75 Å². The number of hydrogen-bond donors (Lipinski definition) is 2. The number of carboxylic acid groups (broad SMARTS) is 1. The maximum Gasteiger partial charge on any atom is 0.490 e. The number of carbonyl (C=O) groups is 2. The highest BCUT2D eigenvalue weighted by Crippen LogP contribution is 2.42. The number of nitrogens with zero attached hydrogens (tertiary/aromatic N) is 3. The van der Waals surface area contributed by atoms with E-state index in [2.05, 4.69) is 47.1 Å². The molecule has 39 heavy (non-hydrogen) atoms. The van der Waals surface area contributed by atoms with Crippen molar-refractivity contribution in [2.45, 2.75) is 64.3 Å². The van der Waals surface area contributed by atoms with Crippen molar-refractivity contribution >= 4 is 11.9 Å². The second-order valence-electron chi connectivity index (χ2n) is 11.1. The summed E-state index contributed by atoms with van der Waals surface area (Å²) in [6, 6.07) is 9.33. The van der Waals surface area contributed by atoms with Crippen LogP contribution in [0, 0.1) is 5.41 Å². The summed E-state index contributed by atoms with van der Waals surface area (Å²) < 4.78 is 37.8. The summed E-state index contributed by atoms with van der Waals surface area (Å²) in [5, 5.41) is 13.4. The fraction of sp³-hybridized carbons (Fsp3) is 0.556. The molecule has 5 rings (SSSR count). The number of alkyl halides is 3. The van der Waals surface area contributed by atoms with Crippen molar-refractivity contribution in [3.05, 3.63) is 57.5 Å². The molecule has 0 unspecified atom stereocenters. The number of rotatable bonds is 3. The largest absolute Gasteiger partial charge is 0.490 e. The van der Waals surface area contributed by atoms with Gasteiger partial charge in [0.25, 0.3) is 11.5 Å². The number of piperidine rings is 2. The normalized spacial score (nSPS) is 20.0. The van der Waals surface area contributed by atoms with Crippen LogP contribution in [0.15, 0.2) is 35.1 Å². The van der Waals surface area contributed by atoms with Gasteiger partial charge in [-0.25, -0.2) is 9.89 Å². The number of carbonyl (C=O) groups excluding carboxylic acids is 1. The minimum atomic E-state index is -5.08. The van der Waals surface area contributed by atoms with Crippen LogP contribution in [0.3, 0.4) is 0 Å². The van der Waals surface area contributed by atoms with E-state index < -0.39 is 12.1 Å². The number of fused-ring (bicyclic) bond motifs is 1. The number of nitrogens with one attached hydrogen (secondary N) is 1. The fourth-order valence-electron chi connectivity index (χ4n) is 5.55. The lowest BCUT2D eigenvalue weighted by Gasteiger charge is -2.47. The molecule has 0 aliphatic carbocycles. The Morgan fingerprint density at radius 1 is 1.05 bits per heavy atom. The van der Waals surface area contributed by atoms with Gasteiger partial charge in [-0.3, -0.25) is 14.5 Å². The Morgan fingerprint density at radius 2 is 1.67 bits per heavy atom. The van der Waals surface area contributed by atoms with Gasteiger partial charge in [0.2, 0.25) is 0 Å². The molecule has 1 spiro atoms. The number of likely N-dealkylation sites (tertiary alicyclic amines) is 2. The number of aliphatic carboxylic acids is 1. The van der Waals surface area contributed by atoms with Crippen molar-refractivity contribution in [3.63, 3.8) is 0 Å². The maximum absolute atomic E-state index is 12.7. The number of ether oxygens (including phenoxy) is 1. The number of carboxylic acids is 1. The second kappa shape index (κ2) is 11.0. The molecule has 12 heteroatoms. The molecule has 1 aromatic carbocycles. The summed E-state index contributed by atoms with van der Waals surface area (Å²) in [7, 11) is 0. The molecule has 1 amide bonds. The summed E-state index contributed by atoms with van der Waals surface area (Å²) >= 11 is 0. The Balaban J connectivity index is 0.000000448. The first-order valence-electron chi connectivity index (χ1n) is 12.9. The van der Waals surface area contributed by atoms with E-state index in [9.17, 15) is 22.8 Å². The molecular weight excluding hydrogens is 517 g/mol. The predicted molar refractivity (Wildman–Crippen MR) is 135 cm³/mol. The third kappa shape index (κ3) is 6.97. The number of halogens is 3. The molecule has 0 saturated carbocycles. The Kier molecular flexibility index (Phi) is 8.06. The van der Waals surface area contributed by atoms with E-state index >= 15 is 0 Å². The summed E-state index contributed by atoms with van der Waals surface area (Å²) in [5.74, 6) is -1.79. The Hall–Kier alpha value is -3.41. The van der Waals surface area contributed by atoms with Crippen LogP contribution in [-0.4, -0.2) is 74.9 Å². The van der Waals surface area contributed by atoms with Gasteiger partial charge >= 0.3 is 12.1 Å². The number of aromatic amines is 1. The molecule has 1 aromatic heterocycles. The monoisotopic (exact) mass is 550 g/mol. The smallest absolute Gasteiger partial charge is 0.487 e. The van der Waals surface area contributed by atoms with Crippen LogP contribution >= 0.6 is 0 Å². The third-order valence-electron chi connectivity index (χ3n) is 7.78. The first kappa shape index (κ1) is 28.6. The molecule has 9 nitrogen and oxygen atoms in total. The van der Waals surface area contributed by atoms with Crippen molar-refractivity contribution < 1.29 is 32.6 Å². The van der Waals surface area contributed by atoms with E-state index in [1.165, 1.54) is 36.1 Å². The lowest BCUT2D eigenvalue weighted by Crippen LogP contribution is -2.48. The molecule has 0 atom stereocenters. The molecule has 4 heterocycles. The van der Waals surface area contributed by atoms with Crippen LogP contribution in [0.2, 0.25) is 0 Å². The van der Waals surface area contributed by atoms with Gasteiger partial charge in [0.15, 0.2) is 0 Å². The molecular formula is C27H33F3N4O5. The van der Waals surface area contributed by atoms with Gasteiger partial charge in [-0.15, -0.1) is 0 Å². The molecule has 212 valence electrons. The average Bonchev–Trinajstić information content (AvgIpc) is 3.21. The highest BCUT2D eigenvalue weighted by Gasteiger charge is 2.40. The maximum atomic E-state index is 12.7. The van der Waals surface area contributed by atoms with Crippen LogP contribution in [0.25, 0.3) is 0 Å². The first-order chi connectivity index (χ1) is 18.3. The summed E-state index contributed by atoms with van der Waals surface area (Å²) in [5.41, 5.74) is 3.04. The zero-order valence-electron chi connectivity index (χ0n) is 22.0. The SMILES string of the molecule is CC1(C)Cc2c(CN3CCC4(CC3)CCN(C(=O)c3ccc(=O)[nH]n3)CC4)cccc2O1.O=C(O)C(F)(F)F. The van der Waals surface area contributed by atoms with Crippen molar-refractivity contribution in [2.75, 3.05) is 26.2 Å². The van der Waals surface area contributed by atoms with E-state index in [4.69, 9.17) is 14.6 Å². The molecule has 2 fully saturated rings. The van der Waals surface area contributed by atoms with Crippen LogP contribution in [-0.2, 0) is 17.8 Å². The van der Waals surface area contributed by atoms with Crippen molar-refractivity contribution in [2.24, 2.45) is 5.41 Å². The molecule has 2 N–H and O–H groups in total. The van der Waals surface area contributed by atoms with Crippen LogP contribution in [0.1, 0.15) is 61.1 Å². The molecule has 0 bridgehead atoms. The number of H-pyrrole nitrogens is 1. The molecule has 2 saturated heterocycles. The van der Waals surface area contributed by atoms with Gasteiger partial charge in [-0.05, 0) is 75.7 Å². The lowest BCUT2D eigenvalue weighted by atomic mass is 9.71. The first-order valence-corrected chi connectivity index (χ1v) is 12.9. The summed E-state index contributed by atoms with van der Waals surface area (Å²) in [4.78, 5) is 37.3. The van der Waals surface area contributed by atoms with Crippen molar-refractivity contribution in [1.29, 1.82) is 0 Å². The number of hydrogen-bond acceptors (Lipinski definition) is 6. The van der Waals surface area contributed by atoms with E-state index in [0.717, 1.165) is 57.7 Å². The minimum Gasteiger partial charge on any atom is -0.487 e. The second-order valence-corrected chi connectivity index (χ2v) is 11.1. The molecule has 0 radical (unpaired) electrons. The van der Waals surface area contributed by atoms with Gasteiger partial charge in [0, 0.05) is 37.7 Å². The molecule has 2 aromatic rings. The zero-order valence-corrected chi connectivity index (χ0v) is 22.0. The number of amides is 1. The highest BCUT2D eigenvalue weighted by atomic mass is 19.4. The van der Waals surface area contributed by atoms with Gasteiger partial charge in [0.05, 0.1) is 0 Å². The van der Waals surface area contributed by atoms with Crippen molar-refractivity contribution in [3.8, 4) is 5.75 Å². The summed E-state index contributed by atoms with van der Waals surface area (Å²) in [6.45, 7) is 9.03. The van der Waals surface area contributed by atoms with E-state index in [-0.39, 0.29) is 17.1 Å². The van der Waals surface area contributed by atoms with Gasteiger partial charge in [0.1, 0.15) is 17.0 Å². The predicted octanol–water partition coefficient (Wildman–Crippen LogP) is 3.64. The fourth-order valence-corrected chi connectivity index (χ4v) is 5.55. The van der Waals surface area contributed by atoms with E-state index in [0.29, 0.717) is 11.1 Å². The standard InChI is InChI=1S/C25H32N4O3.C2HF3O2/c1-24(2)16-19-18(4-3-5-21(19)32-24)17-28-12-8-25(9-13-28)10-14-29(15-11-25)23(31)20-6-7-22(30)27-26-20;3-2(4,5)1(6)7/h3-7H,8-17H2,1-2H3,(H,27,30);(H,6,7). The zero-order chi connectivity index (χ0) is 28.4. The van der Waals surface area contributed by atoms with Crippen LogP contribution < -0.4 is 10.3 Å². The Morgan fingerprint density at radius 3 is 2.23 bits per heavy atom. The lowest BCUT2D eigenvalue weighted by molar-refractivity contribution is -0.192. The topological polar surface area (TPSA) is 116 Å². The Bertz CT molecular complexity index is 1240. The van der Waals surface area contributed by atoms with Gasteiger partial charge in [-0.1, -0.05) is 12.1 Å². The number of aromatic nitrogens is 2. The summed E-state index contributed by atoms with van der Waals surface area (Å²) in [6.07, 6.45) is 0.341. The molecule has 3 aliphatic heterocycles. The van der Waals surface area contributed by atoms with E-state index in [1.54, 1.807) is 0 Å². The molecule has 3 aliphatic rings. The quantitative estimate of drug-likeness (QED) is 0.600. The van der Waals surface area contributed by atoms with Crippen molar-refractivity contribution in [1.82, 2.24) is 20.0 Å².